The van der Waals surface area contributed by atoms with Crippen LogP contribution in [0.15, 0.2) is 47.0 Å². The molecule has 1 saturated heterocycles. The lowest BCUT2D eigenvalue weighted by Gasteiger charge is -2.11. The minimum atomic E-state index is 0.0128. The van der Waals surface area contributed by atoms with Crippen LogP contribution in [0.25, 0.3) is 22.8 Å². The lowest BCUT2D eigenvalue weighted by molar-refractivity contribution is -0.127. The van der Waals surface area contributed by atoms with Gasteiger partial charge >= 0.3 is 0 Å². The normalized spacial score (nSPS) is 17.4. The van der Waals surface area contributed by atoms with E-state index < -0.39 is 0 Å². The molecule has 0 spiro atoms. The van der Waals surface area contributed by atoms with Gasteiger partial charge in [0, 0.05) is 38.2 Å². The Bertz CT molecular complexity index is 897. The summed E-state index contributed by atoms with van der Waals surface area (Å²) in [6, 6.07) is 14.2. The van der Waals surface area contributed by atoms with Crippen LogP contribution in [0.5, 0.6) is 0 Å². The number of benzene rings is 1. The number of amides is 1. The molecular formula is C19H20N4O2. The average Bonchev–Trinajstić information content (AvgIpc) is 3.33. The van der Waals surface area contributed by atoms with Crippen LogP contribution >= 0.6 is 0 Å². The Morgan fingerprint density at radius 3 is 2.64 bits per heavy atom. The molecule has 0 aliphatic carbocycles. The van der Waals surface area contributed by atoms with E-state index >= 15 is 0 Å². The number of nitrogens with zero attached hydrogens (tertiary/aromatic N) is 4. The van der Waals surface area contributed by atoms with Gasteiger partial charge in [0.1, 0.15) is 5.69 Å². The van der Waals surface area contributed by atoms with E-state index in [0.717, 1.165) is 23.5 Å². The number of hydrogen-bond acceptors (Lipinski definition) is 4. The summed E-state index contributed by atoms with van der Waals surface area (Å²) >= 11 is 0. The molecule has 6 heteroatoms. The second-order valence-electron chi connectivity index (χ2n) is 6.32. The standard InChI is InChI=1S/C19H20N4O2/c1-3-23-12-14(11-17(23)24)18-20-19(25-21-18)16-10-9-15(22(16)2)13-7-5-4-6-8-13/h4-10,14H,3,11-12H2,1-2H3. The van der Waals surface area contributed by atoms with Gasteiger partial charge in [-0.1, -0.05) is 35.5 Å². The second-order valence-corrected chi connectivity index (χ2v) is 6.32. The molecule has 128 valence electrons. The molecule has 6 nitrogen and oxygen atoms in total. The number of hydrogen-bond donors (Lipinski definition) is 0. The van der Waals surface area contributed by atoms with Crippen LogP contribution in [0.4, 0.5) is 0 Å². The quantitative estimate of drug-likeness (QED) is 0.734. The summed E-state index contributed by atoms with van der Waals surface area (Å²) in [7, 11) is 1.99. The van der Waals surface area contributed by atoms with Gasteiger partial charge in [-0.3, -0.25) is 4.79 Å². The number of likely N-dealkylation sites (tertiary alicyclic amines) is 1. The fraction of sp³-hybridized carbons (Fsp3) is 0.316. The van der Waals surface area contributed by atoms with Crippen molar-refractivity contribution in [3.8, 4) is 22.8 Å². The van der Waals surface area contributed by atoms with Gasteiger partial charge < -0.3 is 14.0 Å². The molecule has 1 atom stereocenters. The van der Waals surface area contributed by atoms with Gasteiger partial charge in [-0.25, -0.2) is 0 Å². The highest BCUT2D eigenvalue weighted by Crippen LogP contribution is 2.30. The molecule has 25 heavy (non-hydrogen) atoms. The van der Waals surface area contributed by atoms with Crippen molar-refractivity contribution >= 4 is 5.91 Å². The zero-order valence-corrected chi connectivity index (χ0v) is 14.3. The summed E-state index contributed by atoms with van der Waals surface area (Å²) < 4.78 is 7.53. The third kappa shape index (κ3) is 2.73. The average molecular weight is 336 g/mol. The van der Waals surface area contributed by atoms with Gasteiger partial charge in [0.05, 0.1) is 0 Å². The van der Waals surface area contributed by atoms with Crippen molar-refractivity contribution in [2.24, 2.45) is 7.05 Å². The van der Waals surface area contributed by atoms with Crippen molar-refractivity contribution in [3.63, 3.8) is 0 Å². The van der Waals surface area contributed by atoms with Gasteiger partial charge in [-0.15, -0.1) is 0 Å². The monoisotopic (exact) mass is 336 g/mol. The first-order valence-corrected chi connectivity index (χ1v) is 8.50. The zero-order chi connectivity index (χ0) is 17.4. The number of carbonyl (C=O) groups excluding carboxylic acids is 1. The molecule has 1 aliphatic rings. The summed E-state index contributed by atoms with van der Waals surface area (Å²) in [5.41, 5.74) is 3.09. The summed E-state index contributed by atoms with van der Waals surface area (Å²) in [6.07, 6.45) is 0.454. The summed E-state index contributed by atoms with van der Waals surface area (Å²) in [5.74, 6) is 1.27. The van der Waals surface area contributed by atoms with Crippen molar-refractivity contribution in [2.45, 2.75) is 19.3 Å². The third-order valence-corrected chi connectivity index (χ3v) is 4.81. The van der Waals surface area contributed by atoms with E-state index in [1.807, 2.05) is 53.8 Å². The fourth-order valence-electron chi connectivity index (χ4n) is 3.38. The van der Waals surface area contributed by atoms with Crippen molar-refractivity contribution in [2.75, 3.05) is 13.1 Å². The predicted octanol–water partition coefficient (Wildman–Crippen LogP) is 3.08. The molecule has 4 rings (SSSR count). The highest BCUT2D eigenvalue weighted by atomic mass is 16.5. The smallest absolute Gasteiger partial charge is 0.274 e. The first-order valence-electron chi connectivity index (χ1n) is 8.50. The van der Waals surface area contributed by atoms with Crippen LogP contribution < -0.4 is 0 Å². The lowest BCUT2D eigenvalue weighted by atomic mass is 10.1. The lowest BCUT2D eigenvalue weighted by Crippen LogP contribution is -2.24. The summed E-state index contributed by atoms with van der Waals surface area (Å²) in [5, 5.41) is 4.12. The topological polar surface area (TPSA) is 64.2 Å². The molecule has 2 aromatic heterocycles. The Hall–Kier alpha value is -2.89. The van der Waals surface area contributed by atoms with Crippen LogP contribution in [0, 0.1) is 0 Å². The number of rotatable bonds is 4. The van der Waals surface area contributed by atoms with Crippen molar-refractivity contribution < 1.29 is 9.32 Å². The molecule has 1 unspecified atom stereocenters. The molecule has 1 amide bonds. The molecule has 0 saturated carbocycles. The molecule has 1 aromatic carbocycles. The Kier molecular flexibility index (Phi) is 3.87. The molecule has 0 radical (unpaired) electrons. The molecular weight excluding hydrogens is 316 g/mol. The molecule has 3 aromatic rings. The van der Waals surface area contributed by atoms with E-state index in [1.165, 1.54) is 0 Å². The number of likely N-dealkylation sites (N-methyl/N-ethyl adjacent to an activating group) is 1. The van der Waals surface area contributed by atoms with E-state index in [9.17, 15) is 4.79 Å². The van der Waals surface area contributed by atoms with Crippen LogP contribution in [-0.4, -0.2) is 38.6 Å². The van der Waals surface area contributed by atoms with Gasteiger partial charge in [0.25, 0.3) is 5.89 Å². The Morgan fingerprint density at radius 2 is 1.92 bits per heavy atom. The first-order chi connectivity index (χ1) is 12.2. The van der Waals surface area contributed by atoms with E-state index in [2.05, 4.69) is 22.3 Å². The van der Waals surface area contributed by atoms with Crippen LogP contribution in [-0.2, 0) is 11.8 Å². The van der Waals surface area contributed by atoms with E-state index in [0.29, 0.717) is 24.7 Å². The Balaban J connectivity index is 1.61. The van der Waals surface area contributed by atoms with Gasteiger partial charge in [0.2, 0.25) is 5.91 Å². The Morgan fingerprint density at radius 1 is 1.16 bits per heavy atom. The van der Waals surface area contributed by atoms with Crippen molar-refractivity contribution in [1.29, 1.82) is 0 Å². The fourth-order valence-corrected chi connectivity index (χ4v) is 3.38. The minimum Gasteiger partial charge on any atom is -0.342 e. The minimum absolute atomic E-state index is 0.0128. The van der Waals surface area contributed by atoms with Crippen molar-refractivity contribution in [3.05, 3.63) is 48.3 Å². The van der Waals surface area contributed by atoms with E-state index in [4.69, 9.17) is 4.52 Å². The molecule has 3 heterocycles. The highest BCUT2D eigenvalue weighted by Gasteiger charge is 2.33. The molecule has 1 aliphatic heterocycles. The summed E-state index contributed by atoms with van der Waals surface area (Å²) in [4.78, 5) is 18.3. The summed E-state index contributed by atoms with van der Waals surface area (Å²) in [6.45, 7) is 3.37. The van der Waals surface area contributed by atoms with Gasteiger partial charge in [-0.2, -0.15) is 4.98 Å². The zero-order valence-electron chi connectivity index (χ0n) is 14.3. The SMILES string of the molecule is CCN1CC(c2noc(-c3ccc(-c4ccccc4)n3C)n2)CC1=O. The van der Waals surface area contributed by atoms with Gasteiger partial charge in [-0.05, 0) is 24.6 Å². The number of carbonyl (C=O) groups is 1. The largest absolute Gasteiger partial charge is 0.342 e. The maximum Gasteiger partial charge on any atom is 0.274 e. The van der Waals surface area contributed by atoms with Crippen molar-refractivity contribution in [1.82, 2.24) is 19.6 Å². The van der Waals surface area contributed by atoms with E-state index in [1.54, 1.807) is 0 Å². The van der Waals surface area contributed by atoms with Gasteiger partial charge in [0.15, 0.2) is 5.82 Å². The van der Waals surface area contributed by atoms with E-state index in [-0.39, 0.29) is 11.8 Å². The first kappa shape index (κ1) is 15.6. The highest BCUT2D eigenvalue weighted by molar-refractivity contribution is 5.79. The Labute approximate surface area is 146 Å². The molecule has 1 fully saturated rings. The van der Waals surface area contributed by atoms with Crippen LogP contribution in [0.1, 0.15) is 25.1 Å². The third-order valence-electron chi connectivity index (χ3n) is 4.81. The predicted molar refractivity (Wildman–Crippen MR) is 93.8 cm³/mol. The number of aromatic nitrogens is 3. The maximum absolute atomic E-state index is 11.9. The second kappa shape index (κ2) is 6.20. The van der Waals surface area contributed by atoms with Crippen LogP contribution in [0.3, 0.4) is 0 Å². The molecule has 0 N–H and O–H groups in total. The van der Waals surface area contributed by atoms with Crippen LogP contribution in [0.2, 0.25) is 0 Å². The molecule has 0 bridgehead atoms. The maximum atomic E-state index is 11.9.